The van der Waals surface area contributed by atoms with Crippen molar-refractivity contribution in [2.45, 2.75) is 0 Å². The van der Waals surface area contributed by atoms with Crippen molar-refractivity contribution >= 4 is 57.6 Å². The van der Waals surface area contributed by atoms with Gasteiger partial charge in [0.1, 0.15) is 11.3 Å². The second-order valence-electron chi connectivity index (χ2n) is 6.01. The predicted molar refractivity (Wildman–Crippen MR) is 111 cm³/mol. The lowest BCUT2D eigenvalue weighted by atomic mass is 10.1. The van der Waals surface area contributed by atoms with Crippen LogP contribution in [0, 0.1) is 0 Å². The van der Waals surface area contributed by atoms with Crippen LogP contribution in [0.2, 0.25) is 0 Å². The fourth-order valence-electron chi connectivity index (χ4n) is 2.55. The zero-order valence-electron chi connectivity index (χ0n) is 14.5. The van der Waals surface area contributed by atoms with Crippen molar-refractivity contribution in [2.24, 2.45) is 0 Å². The molecule has 1 aliphatic rings. The first-order valence-corrected chi connectivity index (χ1v) is 9.12. The predicted octanol–water partition coefficient (Wildman–Crippen LogP) is 3.56. The summed E-state index contributed by atoms with van der Waals surface area (Å²) in [5.74, 6) is -1.98. The maximum atomic E-state index is 12.8. The van der Waals surface area contributed by atoms with E-state index in [9.17, 15) is 14.7 Å². The molecule has 8 heteroatoms. The topological polar surface area (TPSA) is 81.1 Å². The molecule has 2 N–H and O–H groups in total. The second kappa shape index (κ2) is 7.42. The lowest BCUT2D eigenvalue weighted by Crippen LogP contribution is -2.27. The van der Waals surface area contributed by atoms with Crippen molar-refractivity contribution in [1.82, 2.24) is 0 Å². The third kappa shape index (κ3) is 3.81. The van der Waals surface area contributed by atoms with Gasteiger partial charge in [-0.3, -0.25) is 9.69 Å². The number of hydrogen-bond donors (Lipinski definition) is 2. The van der Waals surface area contributed by atoms with E-state index >= 15 is 0 Å². The minimum absolute atomic E-state index is 0.235. The van der Waals surface area contributed by atoms with Gasteiger partial charge in [-0.25, -0.2) is 4.79 Å². The zero-order valence-corrected chi connectivity index (χ0v) is 16.2. The van der Waals surface area contributed by atoms with Crippen LogP contribution in [0.4, 0.5) is 11.4 Å². The quantitative estimate of drug-likeness (QED) is 0.600. The SMILES string of the molecule is CN(C)c1ccc(/C=C2/SC(=S)N(c3ccc(C(=O)O)c(O)c3)C2=O)cc1. The Morgan fingerprint density at radius 2 is 1.85 bits per heavy atom. The number of phenols is 1. The number of carboxylic acid groups (broad SMARTS) is 1. The van der Waals surface area contributed by atoms with E-state index in [4.69, 9.17) is 17.3 Å². The number of carboxylic acids is 1. The molecule has 1 amide bonds. The van der Waals surface area contributed by atoms with Gasteiger partial charge in [-0.2, -0.15) is 0 Å². The molecule has 0 unspecified atom stereocenters. The van der Waals surface area contributed by atoms with Crippen molar-refractivity contribution < 1.29 is 19.8 Å². The summed E-state index contributed by atoms with van der Waals surface area (Å²) in [5, 5.41) is 18.9. The monoisotopic (exact) mass is 400 g/mol. The first-order chi connectivity index (χ1) is 12.8. The summed E-state index contributed by atoms with van der Waals surface area (Å²) in [5.41, 5.74) is 2.01. The Morgan fingerprint density at radius 1 is 1.19 bits per heavy atom. The van der Waals surface area contributed by atoms with E-state index in [-0.39, 0.29) is 11.5 Å². The van der Waals surface area contributed by atoms with Gasteiger partial charge in [-0.1, -0.05) is 36.1 Å². The Balaban J connectivity index is 1.89. The van der Waals surface area contributed by atoms with Crippen molar-refractivity contribution in [3.05, 3.63) is 58.5 Å². The molecule has 0 saturated carbocycles. The van der Waals surface area contributed by atoms with E-state index in [0.29, 0.717) is 14.9 Å². The molecule has 2 aromatic rings. The number of aromatic carboxylic acids is 1. The summed E-state index contributed by atoms with van der Waals surface area (Å²) >= 11 is 6.46. The number of thiocarbonyl (C=S) groups is 1. The molecule has 1 aliphatic heterocycles. The molecule has 0 radical (unpaired) electrons. The van der Waals surface area contributed by atoms with Crippen LogP contribution in [0.15, 0.2) is 47.4 Å². The van der Waals surface area contributed by atoms with E-state index in [0.717, 1.165) is 23.0 Å². The van der Waals surface area contributed by atoms with Crippen LogP contribution < -0.4 is 9.80 Å². The highest BCUT2D eigenvalue weighted by atomic mass is 32.2. The summed E-state index contributed by atoms with van der Waals surface area (Å²) in [6.45, 7) is 0. The van der Waals surface area contributed by atoms with E-state index in [2.05, 4.69) is 0 Å². The number of amides is 1. The number of aromatic hydroxyl groups is 1. The van der Waals surface area contributed by atoms with Crippen molar-refractivity contribution in [2.75, 3.05) is 23.9 Å². The summed E-state index contributed by atoms with van der Waals surface area (Å²) in [6, 6.07) is 11.6. The fourth-order valence-corrected chi connectivity index (χ4v) is 3.85. The summed E-state index contributed by atoms with van der Waals surface area (Å²) in [6.07, 6.45) is 1.75. The highest BCUT2D eigenvalue weighted by Gasteiger charge is 2.33. The van der Waals surface area contributed by atoms with E-state index in [1.165, 1.54) is 23.1 Å². The first-order valence-electron chi connectivity index (χ1n) is 7.89. The van der Waals surface area contributed by atoms with Crippen molar-refractivity contribution in [1.29, 1.82) is 0 Å². The molecule has 2 aromatic carbocycles. The Morgan fingerprint density at radius 3 is 2.41 bits per heavy atom. The molecule has 1 fully saturated rings. The second-order valence-corrected chi connectivity index (χ2v) is 7.69. The lowest BCUT2D eigenvalue weighted by Gasteiger charge is -2.15. The Kier molecular flexibility index (Phi) is 5.20. The fraction of sp³-hybridized carbons (Fsp3) is 0.105. The summed E-state index contributed by atoms with van der Waals surface area (Å²) in [7, 11) is 3.90. The Hall–Kier alpha value is -2.84. The average molecular weight is 400 g/mol. The number of anilines is 2. The van der Waals surface area contributed by atoms with Crippen LogP contribution in [-0.4, -0.2) is 40.5 Å². The van der Waals surface area contributed by atoms with Gasteiger partial charge in [0.2, 0.25) is 0 Å². The molecule has 1 heterocycles. The van der Waals surface area contributed by atoms with Gasteiger partial charge < -0.3 is 15.1 Å². The highest BCUT2D eigenvalue weighted by Crippen LogP contribution is 2.37. The number of carbonyl (C=O) groups excluding carboxylic acids is 1. The van der Waals surface area contributed by atoms with Gasteiger partial charge >= 0.3 is 5.97 Å². The number of benzene rings is 2. The molecule has 1 saturated heterocycles. The van der Waals surface area contributed by atoms with E-state index < -0.39 is 11.7 Å². The molecular formula is C19H16N2O4S2. The summed E-state index contributed by atoms with van der Waals surface area (Å²) in [4.78, 5) is 27.5. The smallest absolute Gasteiger partial charge is 0.339 e. The molecule has 0 bridgehead atoms. The van der Waals surface area contributed by atoms with Crippen molar-refractivity contribution in [3.8, 4) is 5.75 Å². The van der Waals surface area contributed by atoms with E-state index in [1.807, 2.05) is 43.3 Å². The lowest BCUT2D eigenvalue weighted by molar-refractivity contribution is -0.113. The van der Waals surface area contributed by atoms with Crippen LogP contribution in [-0.2, 0) is 4.79 Å². The van der Waals surface area contributed by atoms with Gasteiger partial charge in [-0.15, -0.1) is 0 Å². The molecule has 0 aromatic heterocycles. The standard InChI is InChI=1S/C19H16N2O4S2/c1-20(2)12-5-3-11(4-6-12)9-16-17(23)21(19(26)27-16)13-7-8-14(18(24)25)15(22)10-13/h3-10,22H,1-2H3,(H,24,25)/b16-9+. The number of carbonyl (C=O) groups is 2. The van der Waals surface area contributed by atoms with Gasteiger partial charge in [0.15, 0.2) is 4.32 Å². The average Bonchev–Trinajstić information content (AvgIpc) is 2.88. The largest absolute Gasteiger partial charge is 0.507 e. The van der Waals surface area contributed by atoms with Crippen LogP contribution >= 0.6 is 24.0 Å². The Bertz CT molecular complexity index is 968. The number of thioether (sulfide) groups is 1. The van der Waals surface area contributed by atoms with Crippen LogP contribution in [0.5, 0.6) is 5.75 Å². The van der Waals surface area contributed by atoms with E-state index in [1.54, 1.807) is 6.08 Å². The molecule has 3 rings (SSSR count). The van der Waals surface area contributed by atoms with Crippen LogP contribution in [0.1, 0.15) is 15.9 Å². The molecule has 138 valence electrons. The molecule has 0 aliphatic carbocycles. The van der Waals surface area contributed by atoms with Crippen LogP contribution in [0.3, 0.4) is 0 Å². The molecular weight excluding hydrogens is 384 g/mol. The number of rotatable bonds is 4. The molecule has 0 spiro atoms. The van der Waals surface area contributed by atoms with Gasteiger partial charge in [-0.05, 0) is 35.9 Å². The normalized spacial score (nSPS) is 15.5. The molecule has 6 nitrogen and oxygen atoms in total. The van der Waals surface area contributed by atoms with Gasteiger partial charge in [0.05, 0.1) is 10.6 Å². The summed E-state index contributed by atoms with van der Waals surface area (Å²) < 4.78 is 0.318. The maximum absolute atomic E-state index is 12.8. The zero-order chi connectivity index (χ0) is 19.7. The molecule has 27 heavy (non-hydrogen) atoms. The van der Waals surface area contributed by atoms with Gasteiger partial charge in [0, 0.05) is 25.8 Å². The van der Waals surface area contributed by atoms with Gasteiger partial charge in [0.25, 0.3) is 5.91 Å². The third-order valence-electron chi connectivity index (χ3n) is 3.97. The minimum atomic E-state index is -1.24. The molecule has 0 atom stereocenters. The number of hydrogen-bond acceptors (Lipinski definition) is 6. The van der Waals surface area contributed by atoms with Crippen molar-refractivity contribution in [3.63, 3.8) is 0 Å². The Labute approximate surface area is 165 Å². The first kappa shape index (κ1) is 18.9. The third-order valence-corrected chi connectivity index (χ3v) is 5.27. The maximum Gasteiger partial charge on any atom is 0.339 e. The highest BCUT2D eigenvalue weighted by molar-refractivity contribution is 8.27. The number of nitrogens with zero attached hydrogens (tertiary/aromatic N) is 2. The van der Waals surface area contributed by atoms with Crippen LogP contribution in [0.25, 0.3) is 6.08 Å². The minimum Gasteiger partial charge on any atom is -0.507 e.